The van der Waals surface area contributed by atoms with Gasteiger partial charge >= 0.3 is 0 Å². The molecule has 140 valence electrons. The van der Waals surface area contributed by atoms with Gasteiger partial charge in [0.1, 0.15) is 10.8 Å². The molecule has 6 nitrogen and oxygen atoms in total. The van der Waals surface area contributed by atoms with Crippen molar-refractivity contribution in [3.8, 4) is 10.6 Å². The van der Waals surface area contributed by atoms with Gasteiger partial charge < -0.3 is 14.5 Å². The summed E-state index contributed by atoms with van der Waals surface area (Å²) in [5.41, 5.74) is 3.03. The number of hydrogen-bond acceptors (Lipinski definition) is 7. The highest BCUT2D eigenvalue weighted by molar-refractivity contribution is 7.21. The second-order valence-corrected chi connectivity index (χ2v) is 8.12. The molecular formula is C20H23N5OS. The van der Waals surface area contributed by atoms with Crippen LogP contribution in [0.2, 0.25) is 0 Å². The van der Waals surface area contributed by atoms with Crippen molar-refractivity contribution in [3.05, 3.63) is 30.6 Å². The predicted molar refractivity (Wildman–Crippen MR) is 110 cm³/mol. The highest BCUT2D eigenvalue weighted by Gasteiger charge is 2.15. The Bertz CT molecular complexity index is 914. The Kier molecular flexibility index (Phi) is 4.63. The first-order valence-electron chi connectivity index (χ1n) is 9.67. The molecule has 0 aromatic carbocycles. The summed E-state index contributed by atoms with van der Waals surface area (Å²) in [6.45, 7) is 5.62. The summed E-state index contributed by atoms with van der Waals surface area (Å²) in [5, 5.41) is 0.981. The summed E-state index contributed by atoms with van der Waals surface area (Å²) in [6, 6.07) is 6.46. The van der Waals surface area contributed by atoms with E-state index in [0.717, 1.165) is 71.8 Å². The maximum Gasteiger partial charge on any atom is 0.171 e. The number of rotatable bonds is 3. The topological polar surface area (TPSA) is 54.4 Å². The fourth-order valence-electron chi connectivity index (χ4n) is 3.75. The summed E-state index contributed by atoms with van der Waals surface area (Å²) in [4.78, 5) is 18.7. The van der Waals surface area contributed by atoms with E-state index in [1.165, 1.54) is 19.3 Å². The Balaban J connectivity index is 1.39. The second kappa shape index (κ2) is 7.40. The van der Waals surface area contributed by atoms with Crippen LogP contribution in [0.3, 0.4) is 0 Å². The number of aromatic nitrogens is 3. The van der Waals surface area contributed by atoms with E-state index in [1.807, 2.05) is 12.4 Å². The van der Waals surface area contributed by atoms with Gasteiger partial charge in [0, 0.05) is 37.9 Å². The maximum absolute atomic E-state index is 5.44. The molecule has 0 saturated carbocycles. The van der Waals surface area contributed by atoms with E-state index >= 15 is 0 Å². The predicted octanol–water partition coefficient (Wildman–Crippen LogP) is 3.58. The van der Waals surface area contributed by atoms with Gasteiger partial charge in [0.15, 0.2) is 5.65 Å². The van der Waals surface area contributed by atoms with Crippen LogP contribution in [0.5, 0.6) is 0 Å². The zero-order chi connectivity index (χ0) is 18.1. The molecule has 2 fully saturated rings. The normalized spacial score (nSPS) is 18.2. The van der Waals surface area contributed by atoms with Gasteiger partial charge in [-0.1, -0.05) is 0 Å². The lowest BCUT2D eigenvalue weighted by Gasteiger charge is -2.28. The SMILES string of the molecule is c1cc(N2CCCCC2)ncc1-c1nc2ncc(N3CCOCC3)cc2s1. The number of anilines is 2. The number of nitrogens with zero attached hydrogens (tertiary/aromatic N) is 5. The summed E-state index contributed by atoms with van der Waals surface area (Å²) in [7, 11) is 0. The lowest BCUT2D eigenvalue weighted by molar-refractivity contribution is 0.122. The van der Waals surface area contributed by atoms with Crippen molar-refractivity contribution in [2.75, 3.05) is 49.2 Å². The number of pyridine rings is 2. The van der Waals surface area contributed by atoms with E-state index in [1.54, 1.807) is 11.3 Å². The van der Waals surface area contributed by atoms with Crippen LogP contribution in [-0.4, -0.2) is 54.3 Å². The van der Waals surface area contributed by atoms with Crippen molar-refractivity contribution < 1.29 is 4.74 Å². The minimum atomic E-state index is 0.779. The van der Waals surface area contributed by atoms with Crippen molar-refractivity contribution in [2.24, 2.45) is 0 Å². The molecule has 0 spiro atoms. The van der Waals surface area contributed by atoms with Crippen LogP contribution in [0.15, 0.2) is 30.6 Å². The molecule has 3 aromatic heterocycles. The van der Waals surface area contributed by atoms with Gasteiger partial charge in [-0.05, 0) is 37.5 Å². The molecule has 7 heteroatoms. The first kappa shape index (κ1) is 16.9. The molecule has 2 saturated heterocycles. The summed E-state index contributed by atoms with van der Waals surface area (Å²) in [5.74, 6) is 1.08. The van der Waals surface area contributed by atoms with Crippen LogP contribution in [0.25, 0.3) is 20.9 Å². The fraction of sp³-hybridized carbons (Fsp3) is 0.450. The first-order valence-corrected chi connectivity index (χ1v) is 10.5. The summed E-state index contributed by atoms with van der Waals surface area (Å²) < 4.78 is 6.56. The average molecular weight is 382 g/mol. The lowest BCUT2D eigenvalue weighted by Crippen LogP contribution is -2.36. The Hall–Kier alpha value is -2.25. The second-order valence-electron chi connectivity index (χ2n) is 7.09. The number of fused-ring (bicyclic) bond motifs is 1. The molecule has 3 aromatic rings. The molecule has 27 heavy (non-hydrogen) atoms. The first-order chi connectivity index (χ1) is 13.4. The minimum Gasteiger partial charge on any atom is -0.378 e. The third-order valence-electron chi connectivity index (χ3n) is 5.28. The zero-order valence-electron chi connectivity index (χ0n) is 15.3. The van der Waals surface area contributed by atoms with Gasteiger partial charge in [-0.2, -0.15) is 0 Å². The van der Waals surface area contributed by atoms with Crippen molar-refractivity contribution in [1.29, 1.82) is 0 Å². The number of morpholine rings is 1. The molecule has 2 aliphatic heterocycles. The average Bonchev–Trinajstić information content (AvgIpc) is 3.18. The molecule has 0 N–H and O–H groups in total. The quantitative estimate of drug-likeness (QED) is 0.691. The van der Waals surface area contributed by atoms with E-state index in [4.69, 9.17) is 9.72 Å². The molecule has 2 aliphatic rings. The van der Waals surface area contributed by atoms with Crippen LogP contribution in [0.4, 0.5) is 11.5 Å². The standard InChI is InChI=1S/C20H23N5OS/c1-2-6-25(7-3-1)18-5-4-15(13-21-18)20-23-19-17(27-20)12-16(14-22-19)24-8-10-26-11-9-24/h4-5,12-14H,1-3,6-11H2. The van der Waals surface area contributed by atoms with E-state index in [2.05, 4.69) is 38.0 Å². The van der Waals surface area contributed by atoms with E-state index in [0.29, 0.717) is 0 Å². The lowest BCUT2D eigenvalue weighted by atomic mass is 10.1. The third-order valence-corrected chi connectivity index (χ3v) is 6.32. The van der Waals surface area contributed by atoms with Gasteiger partial charge in [-0.3, -0.25) is 0 Å². The van der Waals surface area contributed by atoms with Crippen LogP contribution < -0.4 is 9.80 Å². The van der Waals surface area contributed by atoms with E-state index < -0.39 is 0 Å². The number of ether oxygens (including phenoxy) is 1. The highest BCUT2D eigenvalue weighted by atomic mass is 32.1. The van der Waals surface area contributed by atoms with Crippen LogP contribution in [0.1, 0.15) is 19.3 Å². The van der Waals surface area contributed by atoms with Crippen molar-refractivity contribution >= 4 is 33.2 Å². The van der Waals surface area contributed by atoms with Crippen LogP contribution >= 0.6 is 11.3 Å². The molecular weight excluding hydrogens is 358 g/mol. The van der Waals surface area contributed by atoms with E-state index in [9.17, 15) is 0 Å². The Morgan fingerprint density at radius 2 is 1.74 bits per heavy atom. The van der Waals surface area contributed by atoms with Crippen LogP contribution in [0, 0.1) is 0 Å². The fourth-order valence-corrected chi connectivity index (χ4v) is 4.70. The largest absolute Gasteiger partial charge is 0.378 e. The number of thiazole rings is 1. The molecule has 0 atom stereocenters. The van der Waals surface area contributed by atoms with Gasteiger partial charge in [0.25, 0.3) is 0 Å². The summed E-state index contributed by atoms with van der Waals surface area (Å²) in [6.07, 6.45) is 7.73. The molecule has 0 unspecified atom stereocenters. The van der Waals surface area contributed by atoms with E-state index in [-0.39, 0.29) is 0 Å². The highest BCUT2D eigenvalue weighted by Crippen LogP contribution is 2.32. The van der Waals surface area contributed by atoms with Crippen molar-refractivity contribution in [3.63, 3.8) is 0 Å². The van der Waals surface area contributed by atoms with Gasteiger partial charge in [-0.15, -0.1) is 11.3 Å². The van der Waals surface area contributed by atoms with Gasteiger partial charge in [0.2, 0.25) is 0 Å². The molecule has 0 radical (unpaired) electrons. The molecule has 0 aliphatic carbocycles. The molecule has 5 heterocycles. The Morgan fingerprint density at radius 1 is 0.889 bits per heavy atom. The van der Waals surface area contributed by atoms with Crippen molar-refractivity contribution in [1.82, 2.24) is 15.0 Å². The molecule has 0 bridgehead atoms. The third kappa shape index (κ3) is 3.49. The Labute approximate surface area is 162 Å². The maximum atomic E-state index is 5.44. The number of hydrogen-bond donors (Lipinski definition) is 0. The minimum absolute atomic E-state index is 0.779. The monoisotopic (exact) mass is 381 g/mol. The molecule has 5 rings (SSSR count). The van der Waals surface area contributed by atoms with Crippen molar-refractivity contribution in [2.45, 2.75) is 19.3 Å². The number of piperidine rings is 1. The molecule has 0 amide bonds. The van der Waals surface area contributed by atoms with Crippen LogP contribution in [-0.2, 0) is 4.74 Å². The van der Waals surface area contributed by atoms with Gasteiger partial charge in [0.05, 0.1) is 29.8 Å². The Morgan fingerprint density at radius 3 is 2.52 bits per heavy atom. The zero-order valence-corrected chi connectivity index (χ0v) is 16.1. The summed E-state index contributed by atoms with van der Waals surface area (Å²) >= 11 is 1.68. The van der Waals surface area contributed by atoms with Gasteiger partial charge in [-0.25, -0.2) is 15.0 Å². The smallest absolute Gasteiger partial charge is 0.171 e.